The molecule has 26 heavy (non-hydrogen) atoms. The van der Waals surface area contributed by atoms with Gasteiger partial charge in [0.25, 0.3) is 0 Å². The molecule has 2 N–H and O–H groups in total. The van der Waals surface area contributed by atoms with Crippen LogP contribution < -0.4 is 4.72 Å². The van der Waals surface area contributed by atoms with Crippen molar-refractivity contribution in [3.05, 3.63) is 32.7 Å². The highest BCUT2D eigenvalue weighted by atomic mass is 32.2. The third kappa shape index (κ3) is 3.80. The topological polar surface area (TPSA) is 74.8 Å². The number of thiophene rings is 1. The van der Waals surface area contributed by atoms with Crippen LogP contribution in [-0.2, 0) is 10.0 Å². The molecule has 0 amide bonds. The number of H-pyrrole nitrogens is 1. The minimum absolute atomic E-state index is 0.382. The maximum absolute atomic E-state index is 13.1. The Morgan fingerprint density at radius 3 is 2.58 bits per heavy atom. The Kier molecular flexibility index (Phi) is 5.69. The second-order valence-electron chi connectivity index (χ2n) is 7.00. The molecule has 0 bridgehead atoms. The van der Waals surface area contributed by atoms with E-state index in [0.717, 1.165) is 51.5 Å². The Balaban J connectivity index is 1.88. The van der Waals surface area contributed by atoms with Crippen LogP contribution in [0, 0.1) is 27.7 Å². The molecule has 1 aliphatic rings. The van der Waals surface area contributed by atoms with Crippen LogP contribution in [0.5, 0.6) is 0 Å². The van der Waals surface area contributed by atoms with Crippen LogP contribution >= 0.6 is 11.3 Å². The van der Waals surface area contributed by atoms with Crippen molar-refractivity contribution < 1.29 is 8.42 Å². The highest BCUT2D eigenvalue weighted by molar-refractivity contribution is 7.89. The molecule has 0 fully saturated rings. The number of aromatic amines is 1. The Hall–Kier alpha value is -1.44. The first-order chi connectivity index (χ1) is 12.3. The first-order valence-corrected chi connectivity index (χ1v) is 11.4. The van der Waals surface area contributed by atoms with Crippen LogP contribution in [0.1, 0.15) is 53.1 Å². The summed E-state index contributed by atoms with van der Waals surface area (Å²) in [6.07, 6.45) is 7.72. The molecule has 2 aromatic rings. The number of aromatic nitrogens is 2. The number of sulfonamides is 1. The maximum Gasteiger partial charge on any atom is 0.242 e. The fourth-order valence-corrected chi connectivity index (χ4v) is 6.42. The van der Waals surface area contributed by atoms with Crippen molar-refractivity contribution in [3.63, 3.8) is 0 Å². The lowest BCUT2D eigenvalue weighted by molar-refractivity contribution is 0.579. The molecule has 0 saturated carbocycles. The number of rotatable bonds is 6. The van der Waals surface area contributed by atoms with Gasteiger partial charge in [-0.05, 0) is 65.4 Å². The van der Waals surface area contributed by atoms with Crippen molar-refractivity contribution in [2.75, 3.05) is 6.54 Å². The molecule has 0 unspecified atom stereocenters. The van der Waals surface area contributed by atoms with Crippen molar-refractivity contribution in [3.8, 4) is 11.3 Å². The largest absolute Gasteiger partial charge is 0.282 e. The van der Waals surface area contributed by atoms with E-state index in [1.54, 1.807) is 0 Å². The summed E-state index contributed by atoms with van der Waals surface area (Å²) in [4.78, 5) is 2.17. The minimum atomic E-state index is -3.58. The van der Waals surface area contributed by atoms with E-state index in [0.29, 0.717) is 11.4 Å². The van der Waals surface area contributed by atoms with Gasteiger partial charge in [0.15, 0.2) is 0 Å². The Labute approximate surface area is 160 Å². The van der Waals surface area contributed by atoms with Crippen molar-refractivity contribution in [2.45, 2.75) is 64.7 Å². The summed E-state index contributed by atoms with van der Waals surface area (Å²) >= 11 is 1.51. The molecule has 0 radical (unpaired) electrons. The number of aryl methyl sites for hydroxylation is 3. The van der Waals surface area contributed by atoms with Crippen LogP contribution in [0.4, 0.5) is 0 Å². The van der Waals surface area contributed by atoms with Gasteiger partial charge in [-0.1, -0.05) is 11.6 Å². The molecular formula is C19H27N3O2S2. The summed E-state index contributed by atoms with van der Waals surface area (Å²) in [5.41, 5.74) is 4.80. The zero-order valence-corrected chi connectivity index (χ0v) is 17.5. The van der Waals surface area contributed by atoms with Crippen molar-refractivity contribution in [2.24, 2.45) is 0 Å². The van der Waals surface area contributed by atoms with Crippen molar-refractivity contribution in [1.29, 1.82) is 0 Å². The molecule has 2 aromatic heterocycles. The normalized spacial score (nSPS) is 15.3. The summed E-state index contributed by atoms with van der Waals surface area (Å²) in [6.45, 7) is 8.20. The first-order valence-electron chi connectivity index (χ1n) is 9.10. The van der Waals surface area contributed by atoms with Gasteiger partial charge in [0, 0.05) is 27.6 Å². The van der Waals surface area contributed by atoms with Gasteiger partial charge in [0.1, 0.15) is 4.90 Å². The lowest BCUT2D eigenvalue weighted by atomic mass is 9.97. The van der Waals surface area contributed by atoms with E-state index in [1.807, 2.05) is 27.7 Å². The third-order valence-corrected chi connectivity index (χ3v) is 7.87. The van der Waals surface area contributed by atoms with Gasteiger partial charge >= 0.3 is 0 Å². The molecule has 5 nitrogen and oxygen atoms in total. The SMILES string of the molecule is Cc1[nH]nc(-c2c(C)sc(C)c2S(=O)(=O)NCCC2=CCCCC2)c1C. The summed E-state index contributed by atoms with van der Waals surface area (Å²) in [6, 6.07) is 0. The molecule has 3 rings (SSSR count). The van der Waals surface area contributed by atoms with E-state index in [2.05, 4.69) is 21.0 Å². The predicted molar refractivity (Wildman–Crippen MR) is 107 cm³/mol. The fraction of sp³-hybridized carbons (Fsp3) is 0.526. The average molecular weight is 394 g/mol. The molecule has 0 spiro atoms. The molecule has 7 heteroatoms. The lowest BCUT2D eigenvalue weighted by Crippen LogP contribution is -2.26. The van der Waals surface area contributed by atoms with Gasteiger partial charge in [0.05, 0.1) is 5.69 Å². The molecule has 0 aromatic carbocycles. The smallest absolute Gasteiger partial charge is 0.242 e. The van der Waals surface area contributed by atoms with Crippen LogP contribution in [-0.4, -0.2) is 25.2 Å². The van der Waals surface area contributed by atoms with Crippen LogP contribution in [0.25, 0.3) is 11.3 Å². The Morgan fingerprint density at radius 2 is 1.96 bits per heavy atom. The second-order valence-corrected chi connectivity index (χ2v) is 10.1. The standard InChI is InChI=1S/C19H27N3O2S2/c1-12-13(2)21-22-18(12)17-14(3)25-15(4)19(17)26(23,24)20-11-10-16-8-6-5-7-9-16/h8,20H,5-7,9-11H2,1-4H3,(H,21,22). The minimum Gasteiger partial charge on any atom is -0.282 e. The van der Waals surface area contributed by atoms with E-state index < -0.39 is 10.0 Å². The monoisotopic (exact) mass is 393 g/mol. The summed E-state index contributed by atoms with van der Waals surface area (Å²) < 4.78 is 28.9. The number of nitrogens with one attached hydrogen (secondary N) is 2. The molecule has 142 valence electrons. The highest BCUT2D eigenvalue weighted by Crippen LogP contribution is 2.39. The van der Waals surface area contributed by atoms with Gasteiger partial charge in [-0.2, -0.15) is 5.10 Å². The molecule has 1 aliphatic carbocycles. The zero-order chi connectivity index (χ0) is 18.9. The highest BCUT2D eigenvalue weighted by Gasteiger charge is 2.28. The zero-order valence-electron chi connectivity index (χ0n) is 15.9. The van der Waals surface area contributed by atoms with Gasteiger partial charge in [-0.3, -0.25) is 5.10 Å². The number of hydrogen-bond acceptors (Lipinski definition) is 4. The van der Waals surface area contributed by atoms with E-state index >= 15 is 0 Å². The molecule has 0 aliphatic heterocycles. The van der Waals surface area contributed by atoms with E-state index in [9.17, 15) is 8.42 Å². The van der Waals surface area contributed by atoms with Crippen molar-refractivity contribution >= 4 is 21.4 Å². The molecule has 0 atom stereocenters. The molecule has 2 heterocycles. The quantitative estimate of drug-likeness (QED) is 0.708. The number of hydrogen-bond donors (Lipinski definition) is 2. The average Bonchev–Trinajstić information content (AvgIpc) is 3.07. The summed E-state index contributed by atoms with van der Waals surface area (Å²) in [5.74, 6) is 0. The number of allylic oxidation sites excluding steroid dienone is 1. The fourth-order valence-electron chi connectivity index (χ4n) is 3.54. The van der Waals surface area contributed by atoms with Crippen molar-refractivity contribution in [1.82, 2.24) is 14.9 Å². The number of nitrogens with zero attached hydrogens (tertiary/aromatic N) is 1. The Morgan fingerprint density at radius 1 is 1.19 bits per heavy atom. The van der Waals surface area contributed by atoms with Gasteiger partial charge in [0.2, 0.25) is 10.0 Å². The van der Waals surface area contributed by atoms with Gasteiger partial charge in [-0.15, -0.1) is 11.3 Å². The van der Waals surface area contributed by atoms with Gasteiger partial charge < -0.3 is 0 Å². The van der Waals surface area contributed by atoms with E-state index in [1.165, 1.54) is 29.8 Å². The van der Waals surface area contributed by atoms with Crippen LogP contribution in [0.15, 0.2) is 16.5 Å². The first kappa shape index (κ1) is 19.3. The Bertz CT molecular complexity index is 936. The van der Waals surface area contributed by atoms with Crippen LogP contribution in [0.3, 0.4) is 0 Å². The molecule has 0 saturated heterocycles. The van der Waals surface area contributed by atoms with E-state index in [-0.39, 0.29) is 0 Å². The lowest BCUT2D eigenvalue weighted by Gasteiger charge is -2.14. The van der Waals surface area contributed by atoms with Gasteiger partial charge in [-0.25, -0.2) is 13.1 Å². The van der Waals surface area contributed by atoms with Crippen LogP contribution in [0.2, 0.25) is 0 Å². The van der Waals surface area contributed by atoms with E-state index in [4.69, 9.17) is 0 Å². The maximum atomic E-state index is 13.1. The summed E-state index contributed by atoms with van der Waals surface area (Å²) in [7, 11) is -3.58. The third-order valence-electron chi connectivity index (χ3n) is 5.09. The predicted octanol–water partition coefficient (Wildman–Crippen LogP) is 4.54. The second kappa shape index (κ2) is 7.66. The molecular weight excluding hydrogens is 366 g/mol. The summed E-state index contributed by atoms with van der Waals surface area (Å²) in [5, 5.41) is 7.34.